The summed E-state index contributed by atoms with van der Waals surface area (Å²) in [5, 5.41) is 0.526. The van der Waals surface area contributed by atoms with Gasteiger partial charge in [-0.3, -0.25) is 14.4 Å². The van der Waals surface area contributed by atoms with Gasteiger partial charge in [-0.2, -0.15) is 0 Å². The van der Waals surface area contributed by atoms with Gasteiger partial charge in [0, 0.05) is 18.4 Å². The normalized spacial score (nSPS) is 12.5. The number of rotatable bonds is 7. The molecule has 2 aromatic carbocycles. The number of ether oxygens (including phenoxy) is 3. The molecule has 1 N–H and O–H groups in total. The molecule has 0 unspecified atom stereocenters. The Bertz CT molecular complexity index is 1150. The summed E-state index contributed by atoms with van der Waals surface area (Å²) in [4.78, 5) is 43.4. The number of hydrogen-bond donors (Lipinski definition) is 1. The number of fused-ring (bicyclic) bond motifs is 2. The lowest BCUT2D eigenvalue weighted by Gasteiger charge is -2.18. The minimum absolute atomic E-state index is 0.116. The molecule has 2 heterocycles. The number of carbonyl (C=O) groups is 2. The summed E-state index contributed by atoms with van der Waals surface area (Å²) in [6.45, 7) is 0.557. The third-order valence-corrected chi connectivity index (χ3v) is 4.68. The van der Waals surface area contributed by atoms with Crippen LogP contribution in [-0.4, -0.2) is 41.5 Å². The highest BCUT2D eigenvalue weighted by atomic mass is 16.6. The molecule has 0 saturated carbocycles. The highest BCUT2D eigenvalue weighted by molar-refractivity contribution is 5.98. The molecule has 0 fully saturated rings. The van der Waals surface area contributed by atoms with E-state index in [9.17, 15) is 14.4 Å². The van der Waals surface area contributed by atoms with Crippen LogP contribution in [0.1, 0.15) is 29.0 Å². The zero-order chi connectivity index (χ0) is 20.9. The maximum atomic E-state index is 12.3. The van der Waals surface area contributed by atoms with E-state index in [0.29, 0.717) is 59.8 Å². The maximum absolute atomic E-state index is 12.3. The number of aromatic nitrogens is 2. The first-order valence-corrected chi connectivity index (χ1v) is 9.66. The summed E-state index contributed by atoms with van der Waals surface area (Å²) in [5.74, 6) is 0.814. The second kappa shape index (κ2) is 8.77. The topological polar surface area (TPSA) is 108 Å². The van der Waals surface area contributed by atoms with Gasteiger partial charge in [-0.15, -0.1) is 0 Å². The van der Waals surface area contributed by atoms with Crippen molar-refractivity contribution in [1.82, 2.24) is 9.97 Å². The smallest absolute Gasteiger partial charge is 0.306 e. The summed E-state index contributed by atoms with van der Waals surface area (Å²) < 4.78 is 16.0. The van der Waals surface area contributed by atoms with E-state index in [4.69, 9.17) is 14.2 Å². The molecule has 4 rings (SSSR count). The van der Waals surface area contributed by atoms with E-state index in [1.54, 1.807) is 36.4 Å². The number of aromatic amines is 1. The summed E-state index contributed by atoms with van der Waals surface area (Å²) in [5.41, 5.74) is 0.803. The molecule has 30 heavy (non-hydrogen) atoms. The second-order valence-electron chi connectivity index (χ2n) is 6.83. The van der Waals surface area contributed by atoms with Crippen LogP contribution >= 0.6 is 0 Å². The molecular formula is C22H20N2O6. The number of para-hydroxylation sites is 1. The summed E-state index contributed by atoms with van der Waals surface area (Å²) in [7, 11) is 0. The van der Waals surface area contributed by atoms with Gasteiger partial charge >= 0.3 is 5.97 Å². The van der Waals surface area contributed by atoms with Crippen LogP contribution in [0.5, 0.6) is 11.5 Å². The van der Waals surface area contributed by atoms with E-state index in [1.165, 1.54) is 0 Å². The second-order valence-corrected chi connectivity index (χ2v) is 6.83. The summed E-state index contributed by atoms with van der Waals surface area (Å²) in [6.07, 6.45) is 0.981. The van der Waals surface area contributed by atoms with E-state index >= 15 is 0 Å². The van der Waals surface area contributed by atoms with E-state index in [2.05, 4.69) is 9.97 Å². The fraction of sp³-hybridized carbons (Fsp3) is 0.273. The van der Waals surface area contributed by atoms with Crippen molar-refractivity contribution in [3.05, 3.63) is 64.2 Å². The van der Waals surface area contributed by atoms with Crippen LogP contribution in [0.4, 0.5) is 0 Å². The molecule has 0 atom stereocenters. The monoisotopic (exact) mass is 408 g/mol. The number of H-pyrrole nitrogens is 1. The summed E-state index contributed by atoms with van der Waals surface area (Å²) >= 11 is 0. The van der Waals surface area contributed by atoms with Gasteiger partial charge in [0.15, 0.2) is 23.9 Å². The minimum atomic E-state index is -0.482. The Morgan fingerprint density at radius 1 is 1.07 bits per heavy atom. The standard InChI is InChI=1S/C22H20N2O6/c25-17(14-8-9-18-19(12-14)29-11-10-28-18)13-30-21(26)7-3-6-20-23-16-5-2-1-4-15(16)22(27)24-20/h1-2,4-5,8-9,12H,3,6-7,10-11,13H2,(H,23,24,27). The molecule has 0 amide bonds. The van der Waals surface area contributed by atoms with Crippen molar-refractivity contribution in [3.63, 3.8) is 0 Å². The highest BCUT2D eigenvalue weighted by Gasteiger charge is 2.16. The Balaban J connectivity index is 1.26. The molecule has 1 aromatic heterocycles. The Hall–Kier alpha value is -3.68. The van der Waals surface area contributed by atoms with Crippen molar-refractivity contribution in [1.29, 1.82) is 0 Å². The SMILES string of the molecule is O=C(CCCc1nc2ccccc2c(=O)[nH]1)OCC(=O)c1ccc2c(c1)OCCO2. The van der Waals surface area contributed by atoms with Gasteiger partial charge in [0.25, 0.3) is 5.56 Å². The zero-order valence-corrected chi connectivity index (χ0v) is 16.2. The first kappa shape index (κ1) is 19.6. The van der Waals surface area contributed by atoms with Crippen LogP contribution in [-0.2, 0) is 16.0 Å². The first-order chi connectivity index (χ1) is 14.6. The molecule has 3 aromatic rings. The zero-order valence-electron chi connectivity index (χ0n) is 16.2. The van der Waals surface area contributed by atoms with Crippen molar-refractivity contribution < 1.29 is 23.8 Å². The average molecular weight is 408 g/mol. The highest BCUT2D eigenvalue weighted by Crippen LogP contribution is 2.30. The Kier molecular flexibility index (Phi) is 5.74. The van der Waals surface area contributed by atoms with E-state index < -0.39 is 5.97 Å². The van der Waals surface area contributed by atoms with Crippen LogP contribution in [0, 0.1) is 0 Å². The van der Waals surface area contributed by atoms with E-state index in [1.807, 2.05) is 6.07 Å². The third-order valence-electron chi connectivity index (χ3n) is 4.68. The molecule has 0 bridgehead atoms. The molecule has 0 spiro atoms. The van der Waals surface area contributed by atoms with Crippen molar-refractivity contribution in [2.75, 3.05) is 19.8 Å². The first-order valence-electron chi connectivity index (χ1n) is 9.66. The maximum Gasteiger partial charge on any atom is 0.306 e. The van der Waals surface area contributed by atoms with Gasteiger partial charge in [0.1, 0.15) is 19.0 Å². The van der Waals surface area contributed by atoms with Crippen molar-refractivity contribution in [2.24, 2.45) is 0 Å². The number of nitrogens with zero attached hydrogens (tertiary/aromatic N) is 1. The lowest BCUT2D eigenvalue weighted by atomic mass is 10.1. The Morgan fingerprint density at radius 2 is 1.87 bits per heavy atom. The van der Waals surface area contributed by atoms with Crippen molar-refractivity contribution >= 4 is 22.7 Å². The molecule has 1 aliphatic heterocycles. The number of benzene rings is 2. The number of esters is 1. The number of hydrogen-bond acceptors (Lipinski definition) is 7. The molecule has 1 aliphatic rings. The largest absolute Gasteiger partial charge is 0.486 e. The molecule has 0 aliphatic carbocycles. The van der Waals surface area contributed by atoms with Crippen molar-refractivity contribution in [2.45, 2.75) is 19.3 Å². The number of Topliss-reactive ketones (excluding diaryl/α,β-unsaturated/α-hetero) is 1. The predicted octanol–water partition coefficient (Wildman–Crippen LogP) is 2.44. The molecule has 0 saturated heterocycles. The predicted molar refractivity (Wildman–Crippen MR) is 108 cm³/mol. The van der Waals surface area contributed by atoms with E-state index in [0.717, 1.165) is 0 Å². The Labute approximate surface area is 171 Å². The Morgan fingerprint density at radius 3 is 2.73 bits per heavy atom. The van der Waals surface area contributed by atoms with Crippen LogP contribution < -0.4 is 15.0 Å². The van der Waals surface area contributed by atoms with Gasteiger partial charge in [-0.05, 0) is 36.8 Å². The lowest BCUT2D eigenvalue weighted by Crippen LogP contribution is -2.17. The summed E-state index contributed by atoms with van der Waals surface area (Å²) in [6, 6.07) is 11.9. The quantitative estimate of drug-likeness (QED) is 0.473. The number of aryl methyl sites for hydroxylation is 1. The van der Waals surface area contributed by atoms with Crippen LogP contribution in [0.15, 0.2) is 47.3 Å². The van der Waals surface area contributed by atoms with Crippen LogP contribution in [0.3, 0.4) is 0 Å². The van der Waals surface area contributed by atoms with E-state index in [-0.39, 0.29) is 24.4 Å². The van der Waals surface area contributed by atoms with Gasteiger partial charge in [0.2, 0.25) is 0 Å². The minimum Gasteiger partial charge on any atom is -0.486 e. The van der Waals surface area contributed by atoms with Gasteiger partial charge in [-0.25, -0.2) is 4.98 Å². The van der Waals surface area contributed by atoms with Gasteiger partial charge < -0.3 is 19.2 Å². The van der Waals surface area contributed by atoms with Gasteiger partial charge in [-0.1, -0.05) is 12.1 Å². The fourth-order valence-electron chi connectivity index (χ4n) is 3.17. The number of carbonyl (C=O) groups excluding carboxylic acids is 2. The van der Waals surface area contributed by atoms with Crippen LogP contribution in [0.2, 0.25) is 0 Å². The molecular weight excluding hydrogens is 388 g/mol. The van der Waals surface area contributed by atoms with Crippen molar-refractivity contribution in [3.8, 4) is 11.5 Å². The third kappa shape index (κ3) is 4.48. The van der Waals surface area contributed by atoms with Crippen LogP contribution in [0.25, 0.3) is 10.9 Å². The van der Waals surface area contributed by atoms with Gasteiger partial charge in [0.05, 0.1) is 10.9 Å². The molecule has 8 nitrogen and oxygen atoms in total. The lowest BCUT2D eigenvalue weighted by molar-refractivity contribution is -0.142. The molecule has 8 heteroatoms. The fourth-order valence-corrected chi connectivity index (χ4v) is 3.17. The molecule has 154 valence electrons. The average Bonchev–Trinajstić information content (AvgIpc) is 2.77. The number of ketones is 1. The molecule has 0 radical (unpaired) electrons. The number of nitrogens with one attached hydrogen (secondary N) is 1.